The monoisotopic (exact) mass is 460 g/mol. The smallest absolute Gasteiger partial charge is 0.253 e. The molecule has 9 nitrogen and oxygen atoms in total. The summed E-state index contributed by atoms with van der Waals surface area (Å²) in [5.74, 6) is 3.70. The van der Waals surface area contributed by atoms with Crippen LogP contribution in [0, 0.1) is 12.8 Å². The Hall–Kier alpha value is -3.46. The summed E-state index contributed by atoms with van der Waals surface area (Å²) < 4.78 is 0. The van der Waals surface area contributed by atoms with Crippen molar-refractivity contribution in [1.82, 2.24) is 30.0 Å². The zero-order chi connectivity index (χ0) is 23.5. The van der Waals surface area contributed by atoms with Gasteiger partial charge in [-0.1, -0.05) is 18.2 Å². The molecule has 5 rings (SSSR count). The van der Waals surface area contributed by atoms with E-state index in [1.807, 2.05) is 54.3 Å². The van der Waals surface area contributed by atoms with Crippen LogP contribution in [0.5, 0.6) is 0 Å². The van der Waals surface area contributed by atoms with E-state index in [2.05, 4.69) is 32.4 Å². The van der Waals surface area contributed by atoms with Gasteiger partial charge in [-0.05, 0) is 38.4 Å². The van der Waals surface area contributed by atoms with E-state index in [1.165, 1.54) is 0 Å². The molecule has 1 unspecified atom stereocenters. The van der Waals surface area contributed by atoms with Crippen molar-refractivity contribution in [2.45, 2.75) is 19.8 Å². The number of hydrogen-bond acceptors (Lipinski definition) is 7. The van der Waals surface area contributed by atoms with Crippen molar-refractivity contribution in [2.24, 2.45) is 5.92 Å². The van der Waals surface area contributed by atoms with E-state index in [9.17, 15) is 4.79 Å². The minimum absolute atomic E-state index is 0.103. The molecule has 0 saturated carbocycles. The number of H-pyrrole nitrogens is 1. The number of aryl methyl sites for hydroxylation is 1. The fourth-order valence-corrected chi connectivity index (χ4v) is 4.65. The maximum absolute atomic E-state index is 12.9. The van der Waals surface area contributed by atoms with Crippen molar-refractivity contribution >= 4 is 23.4 Å². The highest BCUT2D eigenvalue weighted by molar-refractivity contribution is 5.94. The standard InChI is InChI=1S/C25H32N8O/c1-18-14-23(30-29-18)27-22-16-24(32-12-10-31(2)11-13-32)28-21(26-22)15-19-8-9-33(17-19)25(34)20-6-4-3-5-7-20/h3-7,14,16,19H,8-13,15,17H2,1-2H3,(H2,26,27,28,29,30). The Kier molecular flexibility index (Phi) is 6.44. The Balaban J connectivity index is 1.32. The topological polar surface area (TPSA) is 93.3 Å². The first-order valence-electron chi connectivity index (χ1n) is 12.0. The number of anilines is 3. The number of aromatic amines is 1. The second kappa shape index (κ2) is 9.80. The number of benzene rings is 1. The van der Waals surface area contributed by atoms with Crippen molar-refractivity contribution < 1.29 is 4.79 Å². The van der Waals surface area contributed by atoms with E-state index in [4.69, 9.17) is 9.97 Å². The molecule has 1 atom stereocenters. The predicted molar refractivity (Wildman–Crippen MR) is 133 cm³/mol. The van der Waals surface area contributed by atoms with Crippen molar-refractivity contribution in [3.8, 4) is 0 Å². The quantitative estimate of drug-likeness (QED) is 0.584. The molecular weight excluding hydrogens is 428 g/mol. The Morgan fingerprint density at radius 1 is 1.06 bits per heavy atom. The number of likely N-dealkylation sites (tertiary alicyclic amines) is 1. The number of aromatic nitrogens is 4. The van der Waals surface area contributed by atoms with Gasteiger partial charge in [-0.2, -0.15) is 5.10 Å². The molecule has 9 heteroatoms. The number of piperazine rings is 1. The lowest BCUT2D eigenvalue weighted by Gasteiger charge is -2.33. The lowest BCUT2D eigenvalue weighted by atomic mass is 10.0. The summed E-state index contributed by atoms with van der Waals surface area (Å²) in [7, 11) is 2.15. The van der Waals surface area contributed by atoms with Crippen LogP contribution in [-0.2, 0) is 6.42 Å². The molecule has 0 aliphatic carbocycles. The number of amides is 1. The van der Waals surface area contributed by atoms with Gasteiger partial charge in [-0.15, -0.1) is 0 Å². The van der Waals surface area contributed by atoms with Gasteiger partial charge in [0.05, 0.1) is 0 Å². The average Bonchev–Trinajstić information content (AvgIpc) is 3.48. The number of rotatable bonds is 6. The van der Waals surface area contributed by atoms with Crippen molar-refractivity contribution in [1.29, 1.82) is 0 Å². The molecule has 1 amide bonds. The molecule has 2 aliphatic heterocycles. The largest absolute Gasteiger partial charge is 0.354 e. The Labute approximate surface area is 200 Å². The van der Waals surface area contributed by atoms with Gasteiger partial charge in [0.1, 0.15) is 17.5 Å². The van der Waals surface area contributed by atoms with Crippen molar-refractivity contribution in [3.63, 3.8) is 0 Å². The van der Waals surface area contributed by atoms with Gasteiger partial charge < -0.3 is 20.0 Å². The summed E-state index contributed by atoms with van der Waals surface area (Å²) in [6.45, 7) is 7.39. The summed E-state index contributed by atoms with van der Waals surface area (Å²) in [5.41, 5.74) is 1.74. The molecule has 2 aliphatic rings. The van der Waals surface area contributed by atoms with Crippen LogP contribution >= 0.6 is 0 Å². The maximum Gasteiger partial charge on any atom is 0.253 e. The molecule has 1 aromatic carbocycles. The third-order valence-corrected chi connectivity index (χ3v) is 6.61. The number of nitrogens with zero attached hydrogens (tertiary/aromatic N) is 6. The second-order valence-electron chi connectivity index (χ2n) is 9.36. The molecule has 0 bridgehead atoms. The number of carbonyl (C=O) groups excluding carboxylic acids is 1. The zero-order valence-electron chi connectivity index (χ0n) is 19.9. The predicted octanol–water partition coefficient (Wildman–Crippen LogP) is 2.71. The molecule has 2 aromatic heterocycles. The third-order valence-electron chi connectivity index (χ3n) is 6.61. The van der Waals surface area contributed by atoms with Crippen LogP contribution in [0.1, 0.15) is 28.3 Å². The average molecular weight is 461 g/mol. The van der Waals surface area contributed by atoms with Gasteiger partial charge in [0, 0.05) is 69.1 Å². The lowest BCUT2D eigenvalue weighted by molar-refractivity contribution is 0.0787. The summed E-state index contributed by atoms with van der Waals surface area (Å²) in [4.78, 5) is 29.2. The van der Waals surface area contributed by atoms with E-state index < -0.39 is 0 Å². The molecule has 0 radical (unpaired) electrons. The fourth-order valence-electron chi connectivity index (χ4n) is 4.65. The van der Waals surface area contributed by atoms with Crippen LogP contribution in [-0.4, -0.2) is 82.2 Å². The fraction of sp³-hybridized carbons (Fsp3) is 0.440. The first-order chi connectivity index (χ1) is 16.5. The van der Waals surface area contributed by atoms with Gasteiger partial charge in [0.15, 0.2) is 5.82 Å². The van der Waals surface area contributed by atoms with Gasteiger partial charge in [0.2, 0.25) is 0 Å². The Bertz CT molecular complexity index is 1120. The second-order valence-corrected chi connectivity index (χ2v) is 9.36. The molecule has 34 heavy (non-hydrogen) atoms. The van der Waals surface area contributed by atoms with Gasteiger partial charge in [-0.3, -0.25) is 9.89 Å². The molecule has 0 spiro atoms. The number of likely N-dealkylation sites (N-methyl/N-ethyl adjacent to an activating group) is 1. The summed E-state index contributed by atoms with van der Waals surface area (Å²) in [5, 5.41) is 10.6. The van der Waals surface area contributed by atoms with Crippen LogP contribution < -0.4 is 10.2 Å². The SMILES string of the molecule is Cc1cc(Nc2cc(N3CCN(C)CC3)nc(CC3CCN(C(=O)c4ccccc4)C3)n2)n[nH]1. The molecule has 2 saturated heterocycles. The van der Waals surface area contributed by atoms with E-state index >= 15 is 0 Å². The first kappa shape index (κ1) is 22.3. The molecular formula is C25H32N8O. The molecule has 2 N–H and O–H groups in total. The summed E-state index contributed by atoms with van der Waals surface area (Å²) in [6, 6.07) is 13.5. The van der Waals surface area contributed by atoms with Gasteiger partial charge >= 0.3 is 0 Å². The highest BCUT2D eigenvalue weighted by Crippen LogP contribution is 2.25. The molecule has 3 aromatic rings. The number of carbonyl (C=O) groups is 1. The highest BCUT2D eigenvalue weighted by atomic mass is 16.2. The third kappa shape index (κ3) is 5.20. The number of nitrogens with one attached hydrogen (secondary N) is 2. The van der Waals surface area contributed by atoms with Crippen molar-refractivity contribution in [3.05, 3.63) is 59.5 Å². The molecule has 2 fully saturated rings. The van der Waals surface area contributed by atoms with E-state index in [0.717, 1.165) is 86.6 Å². The Morgan fingerprint density at radius 3 is 2.59 bits per heavy atom. The van der Waals surface area contributed by atoms with Gasteiger partial charge in [0.25, 0.3) is 5.91 Å². The normalized spacial score (nSPS) is 18.9. The van der Waals surface area contributed by atoms with E-state index in [-0.39, 0.29) is 5.91 Å². The van der Waals surface area contributed by atoms with Crippen LogP contribution in [0.15, 0.2) is 42.5 Å². The molecule has 178 valence electrons. The van der Waals surface area contributed by atoms with Crippen LogP contribution in [0.25, 0.3) is 0 Å². The molecule has 4 heterocycles. The minimum Gasteiger partial charge on any atom is -0.354 e. The van der Waals surface area contributed by atoms with Crippen LogP contribution in [0.2, 0.25) is 0 Å². The first-order valence-corrected chi connectivity index (χ1v) is 12.0. The van der Waals surface area contributed by atoms with Crippen molar-refractivity contribution in [2.75, 3.05) is 56.5 Å². The van der Waals surface area contributed by atoms with E-state index in [0.29, 0.717) is 5.92 Å². The minimum atomic E-state index is 0.103. The van der Waals surface area contributed by atoms with E-state index in [1.54, 1.807) is 0 Å². The Morgan fingerprint density at radius 2 is 1.85 bits per heavy atom. The summed E-state index contributed by atoms with van der Waals surface area (Å²) >= 11 is 0. The van der Waals surface area contributed by atoms with Crippen LogP contribution in [0.4, 0.5) is 17.5 Å². The zero-order valence-corrected chi connectivity index (χ0v) is 19.9. The van der Waals surface area contributed by atoms with Crippen LogP contribution in [0.3, 0.4) is 0 Å². The van der Waals surface area contributed by atoms with Gasteiger partial charge in [-0.25, -0.2) is 9.97 Å². The summed E-state index contributed by atoms with van der Waals surface area (Å²) in [6.07, 6.45) is 1.70. The lowest BCUT2D eigenvalue weighted by Crippen LogP contribution is -2.45. The number of hydrogen-bond donors (Lipinski definition) is 2. The highest BCUT2D eigenvalue weighted by Gasteiger charge is 2.28. The maximum atomic E-state index is 12.9.